The summed E-state index contributed by atoms with van der Waals surface area (Å²) in [6.45, 7) is 7.56. The highest BCUT2D eigenvalue weighted by molar-refractivity contribution is 6.08. The quantitative estimate of drug-likeness (QED) is 0.695. The highest BCUT2D eigenvalue weighted by Gasteiger charge is 2.24. The smallest absolute Gasteiger partial charge is 0.256 e. The zero-order chi connectivity index (χ0) is 22.5. The van der Waals surface area contributed by atoms with Gasteiger partial charge in [-0.05, 0) is 68.0 Å². The first-order chi connectivity index (χ1) is 14.8. The average Bonchev–Trinajstić information content (AvgIpc) is 3.29. The van der Waals surface area contributed by atoms with Crippen LogP contribution in [0, 0.1) is 20.8 Å². The first kappa shape index (κ1) is 22.4. The van der Waals surface area contributed by atoms with Crippen molar-refractivity contribution in [3.63, 3.8) is 0 Å². The Bertz CT molecular complexity index is 1020. The fraction of sp³-hybridized carbons (Fsp3) is 0.360. The Morgan fingerprint density at radius 2 is 1.52 bits per heavy atom. The number of nitrogens with zero attached hydrogens (tertiary/aromatic N) is 1. The Kier molecular flexibility index (Phi) is 7.00. The van der Waals surface area contributed by atoms with Gasteiger partial charge < -0.3 is 19.7 Å². The van der Waals surface area contributed by atoms with E-state index in [1.54, 1.807) is 23.1 Å². The molecule has 164 valence electrons. The number of hydrogen-bond donors (Lipinski definition) is 1. The monoisotopic (exact) mass is 422 g/mol. The van der Waals surface area contributed by atoms with E-state index in [2.05, 4.69) is 24.4 Å². The number of carbonyl (C=O) groups excluding carboxylic acids is 2. The van der Waals surface area contributed by atoms with Gasteiger partial charge in [0.2, 0.25) is 5.91 Å². The second-order valence-electron chi connectivity index (χ2n) is 7.87. The van der Waals surface area contributed by atoms with Crippen LogP contribution in [-0.4, -0.2) is 44.0 Å². The number of methoxy groups -OCH3 is 2. The minimum atomic E-state index is -0.319. The zero-order valence-electron chi connectivity index (χ0n) is 18.9. The molecule has 31 heavy (non-hydrogen) atoms. The lowest BCUT2D eigenvalue weighted by molar-refractivity contribution is -0.111. The highest BCUT2D eigenvalue weighted by atomic mass is 16.5. The van der Waals surface area contributed by atoms with Gasteiger partial charge in [-0.15, -0.1) is 0 Å². The van der Waals surface area contributed by atoms with Crippen molar-refractivity contribution >= 4 is 23.6 Å². The molecule has 1 aliphatic heterocycles. The topological polar surface area (TPSA) is 67.9 Å². The predicted octanol–water partition coefficient (Wildman–Crippen LogP) is 4.52. The van der Waals surface area contributed by atoms with Crippen LogP contribution in [-0.2, 0) is 4.79 Å². The van der Waals surface area contributed by atoms with Crippen LogP contribution >= 0.6 is 0 Å². The van der Waals surface area contributed by atoms with Gasteiger partial charge in [-0.3, -0.25) is 9.59 Å². The molecule has 0 aliphatic carbocycles. The lowest BCUT2D eigenvalue weighted by atomic mass is 10.0. The molecule has 0 saturated carbocycles. The third-order valence-electron chi connectivity index (χ3n) is 5.70. The lowest BCUT2D eigenvalue weighted by Gasteiger charge is -2.19. The van der Waals surface area contributed by atoms with Crippen molar-refractivity contribution < 1.29 is 19.1 Å². The van der Waals surface area contributed by atoms with Gasteiger partial charge in [-0.1, -0.05) is 12.1 Å². The molecule has 2 aromatic rings. The van der Waals surface area contributed by atoms with E-state index in [4.69, 9.17) is 9.47 Å². The van der Waals surface area contributed by atoms with E-state index in [1.807, 2.05) is 13.8 Å². The van der Waals surface area contributed by atoms with Gasteiger partial charge in [0.1, 0.15) is 0 Å². The van der Waals surface area contributed by atoms with E-state index in [1.165, 1.54) is 31.4 Å². The van der Waals surface area contributed by atoms with Crippen LogP contribution in [0.15, 0.2) is 30.3 Å². The Morgan fingerprint density at radius 3 is 2.16 bits per heavy atom. The summed E-state index contributed by atoms with van der Waals surface area (Å²) in [6, 6.07) is 7.43. The number of carbonyl (C=O) groups is 2. The number of ether oxygens (including phenoxy) is 2. The summed E-state index contributed by atoms with van der Waals surface area (Å²) >= 11 is 0. The largest absolute Gasteiger partial charge is 0.493 e. The molecule has 1 aliphatic rings. The molecule has 1 fully saturated rings. The molecule has 2 amide bonds. The summed E-state index contributed by atoms with van der Waals surface area (Å²) in [6.07, 6.45) is 5.25. The standard InChI is InChI=1S/C25H30N2O4/c1-16-12-18(3)19(13-17(16)2)8-9-24(28)26-21-15-23(31-5)22(30-4)14-20(21)25(29)27-10-6-7-11-27/h8-9,12-15H,6-7,10-11H2,1-5H3,(H,26,28)/b9-8+. The number of likely N-dealkylation sites (tertiary alicyclic amines) is 1. The minimum absolute atomic E-state index is 0.122. The number of hydrogen-bond acceptors (Lipinski definition) is 4. The van der Waals surface area contributed by atoms with Crippen molar-refractivity contribution in [1.82, 2.24) is 4.90 Å². The third kappa shape index (κ3) is 5.08. The number of anilines is 1. The number of rotatable bonds is 6. The molecule has 0 bridgehead atoms. The molecule has 3 rings (SSSR count). The molecule has 6 heteroatoms. The Morgan fingerprint density at radius 1 is 0.903 bits per heavy atom. The van der Waals surface area contributed by atoms with Gasteiger partial charge in [0, 0.05) is 25.2 Å². The van der Waals surface area contributed by atoms with E-state index in [-0.39, 0.29) is 11.8 Å². The van der Waals surface area contributed by atoms with E-state index in [9.17, 15) is 9.59 Å². The van der Waals surface area contributed by atoms with Crippen LogP contribution in [0.4, 0.5) is 5.69 Å². The summed E-state index contributed by atoms with van der Waals surface area (Å²) < 4.78 is 10.7. The second kappa shape index (κ2) is 9.69. The Hall–Kier alpha value is -3.28. The number of amides is 2. The van der Waals surface area contributed by atoms with Gasteiger partial charge in [-0.25, -0.2) is 0 Å². The first-order valence-electron chi connectivity index (χ1n) is 10.5. The molecule has 2 aromatic carbocycles. The maximum Gasteiger partial charge on any atom is 0.256 e. The summed E-state index contributed by atoms with van der Waals surface area (Å²) in [5.74, 6) is 0.456. The second-order valence-corrected chi connectivity index (χ2v) is 7.87. The molecule has 6 nitrogen and oxygen atoms in total. The van der Waals surface area contributed by atoms with Crippen molar-refractivity contribution in [1.29, 1.82) is 0 Å². The van der Waals surface area contributed by atoms with Crippen LogP contribution in [0.2, 0.25) is 0 Å². The molecule has 1 heterocycles. The SMILES string of the molecule is COc1cc(NC(=O)/C=C/c2cc(C)c(C)cc2C)c(C(=O)N2CCCC2)cc1OC. The van der Waals surface area contributed by atoms with Crippen molar-refractivity contribution in [2.75, 3.05) is 32.6 Å². The maximum atomic E-state index is 13.1. The summed E-state index contributed by atoms with van der Waals surface area (Å²) in [4.78, 5) is 27.6. The molecule has 0 unspecified atom stereocenters. The fourth-order valence-electron chi connectivity index (χ4n) is 3.75. The minimum Gasteiger partial charge on any atom is -0.493 e. The highest BCUT2D eigenvalue weighted by Crippen LogP contribution is 2.34. The van der Waals surface area contributed by atoms with Gasteiger partial charge in [-0.2, -0.15) is 0 Å². The molecule has 0 aromatic heterocycles. The summed E-state index contributed by atoms with van der Waals surface area (Å²) in [7, 11) is 3.04. The Balaban J connectivity index is 1.89. The molecule has 0 radical (unpaired) electrons. The molecule has 1 N–H and O–H groups in total. The fourth-order valence-corrected chi connectivity index (χ4v) is 3.75. The molecular weight excluding hydrogens is 392 g/mol. The predicted molar refractivity (Wildman–Crippen MR) is 123 cm³/mol. The van der Waals surface area contributed by atoms with Gasteiger partial charge >= 0.3 is 0 Å². The van der Waals surface area contributed by atoms with Crippen LogP contribution in [0.25, 0.3) is 6.08 Å². The molecule has 1 saturated heterocycles. The van der Waals surface area contributed by atoms with Crippen LogP contribution < -0.4 is 14.8 Å². The number of benzene rings is 2. The van der Waals surface area contributed by atoms with E-state index >= 15 is 0 Å². The van der Waals surface area contributed by atoms with Crippen LogP contribution in [0.5, 0.6) is 11.5 Å². The van der Waals surface area contributed by atoms with Crippen LogP contribution in [0.3, 0.4) is 0 Å². The summed E-state index contributed by atoms with van der Waals surface area (Å²) in [5, 5.41) is 2.85. The van der Waals surface area contributed by atoms with E-state index in [0.29, 0.717) is 35.8 Å². The zero-order valence-corrected chi connectivity index (χ0v) is 18.9. The molecular formula is C25H30N2O4. The van der Waals surface area contributed by atoms with Crippen molar-refractivity contribution in [2.45, 2.75) is 33.6 Å². The summed E-state index contributed by atoms with van der Waals surface area (Å²) in [5.41, 5.74) is 5.27. The lowest BCUT2D eigenvalue weighted by Crippen LogP contribution is -2.28. The maximum absolute atomic E-state index is 13.1. The number of nitrogens with one attached hydrogen (secondary N) is 1. The third-order valence-corrected chi connectivity index (χ3v) is 5.70. The van der Waals surface area contributed by atoms with Crippen molar-refractivity contribution in [3.8, 4) is 11.5 Å². The normalized spacial score (nSPS) is 13.5. The molecule has 0 spiro atoms. The average molecular weight is 423 g/mol. The van der Waals surface area contributed by atoms with Gasteiger partial charge in [0.05, 0.1) is 25.5 Å². The van der Waals surface area contributed by atoms with Crippen molar-refractivity contribution in [2.24, 2.45) is 0 Å². The molecule has 0 atom stereocenters. The van der Waals surface area contributed by atoms with Crippen molar-refractivity contribution in [3.05, 3.63) is 58.2 Å². The first-order valence-corrected chi connectivity index (χ1v) is 10.5. The van der Waals surface area contributed by atoms with E-state index < -0.39 is 0 Å². The van der Waals surface area contributed by atoms with Gasteiger partial charge in [0.15, 0.2) is 11.5 Å². The Labute approximate surface area is 183 Å². The van der Waals surface area contributed by atoms with E-state index in [0.717, 1.165) is 24.0 Å². The van der Waals surface area contributed by atoms with Gasteiger partial charge in [0.25, 0.3) is 5.91 Å². The van der Waals surface area contributed by atoms with Crippen LogP contribution in [0.1, 0.15) is 45.5 Å². The number of aryl methyl sites for hydroxylation is 3.